The van der Waals surface area contributed by atoms with Gasteiger partial charge in [-0.05, 0) is 49.9 Å². The van der Waals surface area contributed by atoms with E-state index in [1.807, 2.05) is 12.1 Å². The fourth-order valence-electron chi connectivity index (χ4n) is 3.27. The number of hydrogen-bond donors (Lipinski definition) is 1. The molecule has 1 aromatic rings. The second-order valence-corrected chi connectivity index (χ2v) is 6.23. The van der Waals surface area contributed by atoms with Gasteiger partial charge in [-0.3, -0.25) is 4.90 Å². The van der Waals surface area contributed by atoms with Gasteiger partial charge in [-0.25, -0.2) is 0 Å². The van der Waals surface area contributed by atoms with Crippen molar-refractivity contribution in [3.8, 4) is 0 Å². The molecule has 0 bridgehead atoms. The van der Waals surface area contributed by atoms with Crippen LogP contribution in [0.1, 0.15) is 44.7 Å². The lowest BCUT2D eigenvalue weighted by atomic mass is 9.99. The van der Waals surface area contributed by atoms with Gasteiger partial charge in [0.25, 0.3) is 0 Å². The van der Waals surface area contributed by atoms with Crippen LogP contribution >= 0.6 is 11.6 Å². The number of rotatable bonds is 5. The molecule has 0 aromatic heterocycles. The number of nitrogens with two attached hydrogens (primary N) is 1. The third-order valence-electron chi connectivity index (χ3n) is 4.12. The fourth-order valence-corrected chi connectivity index (χ4v) is 3.39. The molecule has 1 aliphatic rings. The molecule has 0 radical (unpaired) electrons. The van der Waals surface area contributed by atoms with Crippen molar-refractivity contribution in [2.45, 2.75) is 45.2 Å². The Hall–Kier alpha value is -0.570. The largest absolute Gasteiger partial charge is 0.326 e. The summed E-state index contributed by atoms with van der Waals surface area (Å²) in [6.07, 6.45) is 3.93. The first kappa shape index (κ1) is 14.8. The van der Waals surface area contributed by atoms with Crippen molar-refractivity contribution in [1.29, 1.82) is 0 Å². The summed E-state index contributed by atoms with van der Waals surface area (Å²) in [6, 6.07) is 8.62. The Morgan fingerprint density at radius 2 is 2.05 bits per heavy atom. The molecule has 106 valence electrons. The van der Waals surface area contributed by atoms with Crippen LogP contribution in [0.4, 0.5) is 0 Å². The Labute approximate surface area is 121 Å². The second-order valence-electron chi connectivity index (χ2n) is 5.79. The lowest BCUT2D eigenvalue weighted by Gasteiger charge is -2.31. The van der Waals surface area contributed by atoms with Crippen molar-refractivity contribution in [2.24, 2.45) is 11.7 Å². The summed E-state index contributed by atoms with van der Waals surface area (Å²) in [6.45, 7) is 6.72. The van der Waals surface area contributed by atoms with Gasteiger partial charge in [0.2, 0.25) is 0 Å². The number of nitrogens with zero attached hydrogens (tertiary/aromatic N) is 1. The van der Waals surface area contributed by atoms with Crippen LogP contribution in [0, 0.1) is 5.92 Å². The summed E-state index contributed by atoms with van der Waals surface area (Å²) in [4.78, 5) is 2.55. The van der Waals surface area contributed by atoms with Gasteiger partial charge in [-0.15, -0.1) is 0 Å². The highest BCUT2D eigenvalue weighted by Crippen LogP contribution is 2.31. The fraction of sp³-hybridized carbons (Fsp3) is 0.625. The second kappa shape index (κ2) is 6.74. The van der Waals surface area contributed by atoms with Crippen LogP contribution < -0.4 is 5.73 Å². The molecule has 1 saturated heterocycles. The van der Waals surface area contributed by atoms with Crippen LogP contribution in [0.5, 0.6) is 0 Å². The van der Waals surface area contributed by atoms with Crippen molar-refractivity contribution < 1.29 is 0 Å². The van der Waals surface area contributed by atoms with Crippen LogP contribution in [-0.4, -0.2) is 24.0 Å². The minimum absolute atomic E-state index is 0.140. The molecule has 1 fully saturated rings. The van der Waals surface area contributed by atoms with E-state index >= 15 is 0 Å². The third kappa shape index (κ3) is 3.71. The molecular formula is C16H25ClN2. The summed E-state index contributed by atoms with van der Waals surface area (Å²) < 4.78 is 0. The lowest BCUT2D eigenvalue weighted by Crippen LogP contribution is -2.38. The van der Waals surface area contributed by atoms with Crippen molar-refractivity contribution in [2.75, 3.05) is 13.1 Å². The smallest absolute Gasteiger partial charge is 0.0496 e. The average Bonchev–Trinajstić information content (AvgIpc) is 2.80. The van der Waals surface area contributed by atoms with Crippen molar-refractivity contribution in [3.63, 3.8) is 0 Å². The van der Waals surface area contributed by atoms with Gasteiger partial charge in [-0.1, -0.05) is 37.1 Å². The number of halogens is 1. The van der Waals surface area contributed by atoms with E-state index in [1.165, 1.54) is 37.9 Å². The monoisotopic (exact) mass is 280 g/mol. The highest BCUT2D eigenvalue weighted by molar-refractivity contribution is 6.30. The van der Waals surface area contributed by atoms with Crippen LogP contribution in [0.15, 0.2) is 24.3 Å². The van der Waals surface area contributed by atoms with E-state index in [0.717, 1.165) is 10.9 Å². The normalized spacial score (nSPS) is 23.5. The molecule has 0 aliphatic carbocycles. The quantitative estimate of drug-likeness (QED) is 0.888. The first-order valence-corrected chi connectivity index (χ1v) is 7.74. The van der Waals surface area contributed by atoms with E-state index in [-0.39, 0.29) is 6.04 Å². The number of benzene rings is 1. The van der Waals surface area contributed by atoms with Crippen LogP contribution in [0.25, 0.3) is 0 Å². The van der Waals surface area contributed by atoms with E-state index in [4.69, 9.17) is 17.3 Å². The molecule has 0 saturated carbocycles. The highest BCUT2D eigenvalue weighted by Gasteiger charge is 2.30. The molecule has 3 unspecified atom stereocenters. The first-order valence-electron chi connectivity index (χ1n) is 7.37. The Balaban J connectivity index is 2.11. The zero-order valence-electron chi connectivity index (χ0n) is 12.0. The van der Waals surface area contributed by atoms with Gasteiger partial charge in [0.15, 0.2) is 0 Å². The zero-order valence-corrected chi connectivity index (χ0v) is 12.7. The van der Waals surface area contributed by atoms with Crippen molar-refractivity contribution >= 4 is 11.6 Å². The Kier molecular flexibility index (Phi) is 5.26. The summed E-state index contributed by atoms with van der Waals surface area (Å²) in [5.41, 5.74) is 7.52. The topological polar surface area (TPSA) is 29.3 Å². The van der Waals surface area contributed by atoms with Gasteiger partial charge in [-0.2, -0.15) is 0 Å². The minimum Gasteiger partial charge on any atom is -0.326 e. The molecule has 2 nitrogen and oxygen atoms in total. The standard InChI is InChI=1S/C16H25ClN2/c1-3-4-13-9-10-19(11-13)16(12(2)18)14-5-7-15(17)8-6-14/h5-8,12-13,16H,3-4,9-11,18H2,1-2H3. The van der Waals surface area contributed by atoms with Crippen molar-refractivity contribution in [3.05, 3.63) is 34.9 Å². The number of hydrogen-bond acceptors (Lipinski definition) is 2. The van der Waals surface area contributed by atoms with E-state index in [2.05, 4.69) is 30.9 Å². The van der Waals surface area contributed by atoms with E-state index in [9.17, 15) is 0 Å². The van der Waals surface area contributed by atoms with E-state index in [1.54, 1.807) is 0 Å². The maximum Gasteiger partial charge on any atom is 0.0496 e. The van der Waals surface area contributed by atoms with E-state index < -0.39 is 0 Å². The molecule has 19 heavy (non-hydrogen) atoms. The zero-order chi connectivity index (χ0) is 13.8. The maximum absolute atomic E-state index is 6.23. The summed E-state index contributed by atoms with van der Waals surface area (Å²) in [5.74, 6) is 0.846. The molecule has 2 rings (SSSR count). The predicted molar refractivity (Wildman–Crippen MR) is 82.4 cm³/mol. The molecule has 3 atom stereocenters. The Morgan fingerprint density at radius 3 is 2.63 bits per heavy atom. The molecule has 1 heterocycles. The molecular weight excluding hydrogens is 256 g/mol. The lowest BCUT2D eigenvalue weighted by molar-refractivity contribution is 0.210. The highest BCUT2D eigenvalue weighted by atomic mass is 35.5. The summed E-state index contributed by atoms with van der Waals surface area (Å²) in [5, 5.41) is 0.789. The van der Waals surface area contributed by atoms with Crippen LogP contribution in [0.3, 0.4) is 0 Å². The summed E-state index contributed by atoms with van der Waals surface area (Å²) in [7, 11) is 0. The van der Waals surface area contributed by atoms with Crippen LogP contribution in [0.2, 0.25) is 5.02 Å². The van der Waals surface area contributed by atoms with Gasteiger partial charge in [0.1, 0.15) is 0 Å². The average molecular weight is 281 g/mol. The van der Waals surface area contributed by atoms with Gasteiger partial charge in [0.05, 0.1) is 0 Å². The minimum atomic E-state index is 0.140. The molecule has 0 spiro atoms. The third-order valence-corrected chi connectivity index (χ3v) is 4.37. The van der Waals surface area contributed by atoms with E-state index in [0.29, 0.717) is 6.04 Å². The Bertz CT molecular complexity index is 388. The summed E-state index contributed by atoms with van der Waals surface area (Å²) >= 11 is 5.98. The SMILES string of the molecule is CCCC1CCN(C(c2ccc(Cl)cc2)C(C)N)C1. The maximum atomic E-state index is 6.23. The number of likely N-dealkylation sites (tertiary alicyclic amines) is 1. The van der Waals surface area contributed by atoms with Gasteiger partial charge >= 0.3 is 0 Å². The van der Waals surface area contributed by atoms with Crippen molar-refractivity contribution in [1.82, 2.24) is 4.90 Å². The predicted octanol–water partition coefficient (Wildman–Crippen LogP) is 3.85. The van der Waals surface area contributed by atoms with Gasteiger partial charge in [0, 0.05) is 23.7 Å². The first-order chi connectivity index (χ1) is 9.11. The molecule has 1 aromatic carbocycles. The molecule has 0 amide bonds. The molecule has 2 N–H and O–H groups in total. The van der Waals surface area contributed by atoms with Gasteiger partial charge < -0.3 is 5.73 Å². The van der Waals surface area contributed by atoms with Crippen LogP contribution in [-0.2, 0) is 0 Å². The molecule has 3 heteroatoms. The molecule has 1 aliphatic heterocycles. The Morgan fingerprint density at radius 1 is 1.37 bits per heavy atom.